The SMILES string of the molecule is CC(Cl)CCC1(C(=O)O)C=CCC(C)(C(=O)O)C1. The zero-order valence-corrected chi connectivity index (χ0v) is 11.4. The molecule has 0 saturated heterocycles. The first-order valence-electron chi connectivity index (χ1n) is 6.00. The summed E-state index contributed by atoms with van der Waals surface area (Å²) in [4.78, 5) is 22.8. The van der Waals surface area contributed by atoms with Crippen LogP contribution in [0.5, 0.6) is 0 Å². The summed E-state index contributed by atoms with van der Waals surface area (Å²) in [5.74, 6) is -1.92. The van der Waals surface area contributed by atoms with Crippen molar-refractivity contribution in [2.45, 2.75) is 44.9 Å². The van der Waals surface area contributed by atoms with Crippen LogP contribution in [-0.2, 0) is 9.59 Å². The fraction of sp³-hybridized carbons (Fsp3) is 0.692. The van der Waals surface area contributed by atoms with Crippen molar-refractivity contribution in [3.05, 3.63) is 12.2 Å². The summed E-state index contributed by atoms with van der Waals surface area (Å²) >= 11 is 5.86. The molecule has 0 heterocycles. The monoisotopic (exact) mass is 274 g/mol. The first-order chi connectivity index (χ1) is 8.22. The van der Waals surface area contributed by atoms with Crippen LogP contribution in [0.15, 0.2) is 12.2 Å². The highest BCUT2D eigenvalue weighted by molar-refractivity contribution is 6.20. The second-order valence-corrected chi connectivity index (χ2v) is 6.17. The summed E-state index contributed by atoms with van der Waals surface area (Å²) in [5.41, 5.74) is -2.11. The Morgan fingerprint density at radius 3 is 2.44 bits per heavy atom. The molecular formula is C13H19ClO4. The zero-order chi connectivity index (χ0) is 14.0. The molecular weight excluding hydrogens is 256 g/mol. The number of aliphatic carboxylic acids is 2. The summed E-state index contributed by atoms with van der Waals surface area (Å²) in [7, 11) is 0. The maximum Gasteiger partial charge on any atom is 0.313 e. The third kappa shape index (κ3) is 3.05. The van der Waals surface area contributed by atoms with Gasteiger partial charge >= 0.3 is 11.9 Å². The van der Waals surface area contributed by atoms with Crippen LogP contribution in [0.4, 0.5) is 0 Å². The van der Waals surface area contributed by atoms with Crippen LogP contribution < -0.4 is 0 Å². The van der Waals surface area contributed by atoms with Gasteiger partial charge in [-0.1, -0.05) is 12.2 Å². The standard InChI is InChI=1S/C13H19ClO4/c1-9(14)4-7-13(11(17)18)6-3-5-12(2,8-13)10(15)16/h3,6,9H,4-5,7-8H2,1-2H3,(H,15,16)(H,17,18). The summed E-state index contributed by atoms with van der Waals surface area (Å²) in [6.07, 6.45) is 4.71. The second kappa shape index (κ2) is 5.31. The van der Waals surface area contributed by atoms with Crippen molar-refractivity contribution in [3.8, 4) is 0 Å². The van der Waals surface area contributed by atoms with Gasteiger partial charge in [0.25, 0.3) is 0 Å². The number of carbonyl (C=O) groups is 2. The quantitative estimate of drug-likeness (QED) is 0.597. The maximum absolute atomic E-state index is 11.5. The minimum Gasteiger partial charge on any atom is -0.481 e. The molecule has 0 aromatic rings. The number of alkyl halides is 1. The highest BCUT2D eigenvalue weighted by Crippen LogP contribution is 2.46. The molecule has 0 saturated carbocycles. The number of hydrogen-bond acceptors (Lipinski definition) is 2. The van der Waals surface area contributed by atoms with E-state index in [4.69, 9.17) is 11.6 Å². The van der Waals surface area contributed by atoms with Crippen molar-refractivity contribution in [2.24, 2.45) is 10.8 Å². The van der Waals surface area contributed by atoms with Crippen molar-refractivity contribution in [3.63, 3.8) is 0 Å². The molecule has 1 rings (SSSR count). The molecule has 3 atom stereocenters. The van der Waals surface area contributed by atoms with Crippen molar-refractivity contribution in [1.29, 1.82) is 0 Å². The summed E-state index contributed by atoms with van der Waals surface area (Å²) in [6.45, 7) is 3.40. The van der Waals surface area contributed by atoms with E-state index in [1.54, 1.807) is 26.0 Å². The van der Waals surface area contributed by atoms with Gasteiger partial charge in [-0.05, 0) is 39.5 Å². The Morgan fingerprint density at radius 1 is 1.39 bits per heavy atom. The maximum atomic E-state index is 11.5. The number of allylic oxidation sites excluding steroid dienone is 1. The van der Waals surface area contributed by atoms with Crippen molar-refractivity contribution >= 4 is 23.5 Å². The predicted molar refractivity (Wildman–Crippen MR) is 68.7 cm³/mol. The van der Waals surface area contributed by atoms with E-state index in [2.05, 4.69) is 0 Å². The smallest absolute Gasteiger partial charge is 0.313 e. The number of rotatable bonds is 5. The Bertz CT molecular complexity index is 377. The molecule has 0 aromatic carbocycles. The lowest BCUT2D eigenvalue weighted by atomic mass is 9.64. The van der Waals surface area contributed by atoms with Gasteiger partial charge in [0, 0.05) is 5.38 Å². The van der Waals surface area contributed by atoms with Crippen molar-refractivity contribution < 1.29 is 19.8 Å². The molecule has 2 N–H and O–H groups in total. The van der Waals surface area contributed by atoms with E-state index in [9.17, 15) is 19.8 Å². The number of hydrogen-bond donors (Lipinski definition) is 2. The first-order valence-corrected chi connectivity index (χ1v) is 6.44. The minimum absolute atomic E-state index is 0.116. The van der Waals surface area contributed by atoms with E-state index < -0.39 is 22.8 Å². The molecule has 0 aliphatic heterocycles. The molecule has 0 spiro atoms. The molecule has 18 heavy (non-hydrogen) atoms. The Balaban J connectivity index is 2.99. The first kappa shape index (κ1) is 15.0. The van der Waals surface area contributed by atoms with Crippen LogP contribution >= 0.6 is 11.6 Å². The lowest BCUT2D eigenvalue weighted by molar-refractivity contribution is -0.155. The Morgan fingerprint density at radius 2 is 2.00 bits per heavy atom. The molecule has 0 aromatic heterocycles. The van der Waals surface area contributed by atoms with E-state index in [1.807, 2.05) is 0 Å². The van der Waals surface area contributed by atoms with E-state index in [0.717, 1.165) is 0 Å². The van der Waals surface area contributed by atoms with Crippen LogP contribution in [0.25, 0.3) is 0 Å². The Labute approximate surface area is 112 Å². The van der Waals surface area contributed by atoms with Gasteiger partial charge in [0.05, 0.1) is 10.8 Å². The van der Waals surface area contributed by atoms with Gasteiger partial charge in [-0.3, -0.25) is 9.59 Å². The number of halogens is 1. The van der Waals surface area contributed by atoms with Gasteiger partial charge in [-0.15, -0.1) is 11.6 Å². The van der Waals surface area contributed by atoms with E-state index in [0.29, 0.717) is 19.3 Å². The fourth-order valence-corrected chi connectivity index (χ4v) is 2.53. The summed E-state index contributed by atoms with van der Waals surface area (Å²) in [5, 5.41) is 18.5. The van der Waals surface area contributed by atoms with E-state index in [-0.39, 0.29) is 11.8 Å². The lowest BCUT2D eigenvalue weighted by Crippen LogP contribution is -2.41. The highest BCUT2D eigenvalue weighted by Gasteiger charge is 2.48. The normalized spacial score (nSPS) is 33.1. The van der Waals surface area contributed by atoms with Crippen LogP contribution in [0.1, 0.15) is 39.5 Å². The van der Waals surface area contributed by atoms with Gasteiger partial charge in [0.15, 0.2) is 0 Å². The van der Waals surface area contributed by atoms with Crippen LogP contribution in [-0.4, -0.2) is 27.5 Å². The molecule has 1 aliphatic rings. The largest absolute Gasteiger partial charge is 0.481 e. The zero-order valence-electron chi connectivity index (χ0n) is 10.6. The van der Waals surface area contributed by atoms with Crippen LogP contribution in [0.2, 0.25) is 0 Å². The van der Waals surface area contributed by atoms with Gasteiger partial charge in [-0.25, -0.2) is 0 Å². The second-order valence-electron chi connectivity index (χ2n) is 5.43. The molecule has 0 bridgehead atoms. The summed E-state index contributed by atoms with van der Waals surface area (Å²) in [6, 6.07) is 0. The number of carboxylic acids is 2. The number of carboxylic acid groups (broad SMARTS) is 2. The summed E-state index contributed by atoms with van der Waals surface area (Å²) < 4.78 is 0. The fourth-order valence-electron chi connectivity index (χ4n) is 2.42. The lowest BCUT2D eigenvalue weighted by Gasteiger charge is -2.38. The van der Waals surface area contributed by atoms with Gasteiger partial charge in [0.1, 0.15) is 0 Å². The molecule has 0 fully saturated rings. The van der Waals surface area contributed by atoms with Crippen molar-refractivity contribution in [1.82, 2.24) is 0 Å². The average molecular weight is 275 g/mol. The molecule has 5 heteroatoms. The van der Waals surface area contributed by atoms with Gasteiger partial charge in [0.2, 0.25) is 0 Å². The Kier molecular flexibility index (Phi) is 4.43. The van der Waals surface area contributed by atoms with Crippen LogP contribution in [0.3, 0.4) is 0 Å². The molecule has 3 unspecified atom stereocenters. The molecule has 0 radical (unpaired) electrons. The third-order valence-corrected chi connectivity index (χ3v) is 3.86. The predicted octanol–water partition coefficient (Wildman–Crippen LogP) is 2.91. The van der Waals surface area contributed by atoms with E-state index >= 15 is 0 Å². The third-order valence-electron chi connectivity index (χ3n) is 3.64. The molecule has 1 aliphatic carbocycles. The van der Waals surface area contributed by atoms with E-state index in [1.165, 1.54) is 0 Å². The minimum atomic E-state index is -1.10. The average Bonchev–Trinajstić information content (AvgIpc) is 2.26. The van der Waals surface area contributed by atoms with Gasteiger partial charge < -0.3 is 10.2 Å². The molecule has 4 nitrogen and oxygen atoms in total. The van der Waals surface area contributed by atoms with Crippen LogP contribution in [0, 0.1) is 10.8 Å². The molecule has 102 valence electrons. The molecule has 0 amide bonds. The topological polar surface area (TPSA) is 74.6 Å². The highest BCUT2D eigenvalue weighted by atomic mass is 35.5. The van der Waals surface area contributed by atoms with Crippen molar-refractivity contribution in [2.75, 3.05) is 0 Å². The van der Waals surface area contributed by atoms with Gasteiger partial charge in [-0.2, -0.15) is 0 Å². The Hall–Kier alpha value is -1.03.